The number of fused-ring (bicyclic) bond motifs is 2. The molecule has 1 aromatic carbocycles. The summed E-state index contributed by atoms with van der Waals surface area (Å²) in [6, 6.07) is 7.51. The van der Waals surface area contributed by atoms with Gasteiger partial charge in [-0.2, -0.15) is 0 Å². The zero-order valence-corrected chi connectivity index (χ0v) is 14.6. The van der Waals surface area contributed by atoms with E-state index < -0.39 is 0 Å². The number of aromatic amines is 1. The number of hydrogen-bond donors (Lipinski definition) is 3. The molecule has 7 nitrogen and oxygen atoms in total. The lowest BCUT2D eigenvalue weighted by Crippen LogP contribution is -2.34. The highest BCUT2D eigenvalue weighted by molar-refractivity contribution is 5.79. The van der Waals surface area contributed by atoms with Crippen molar-refractivity contribution in [3.63, 3.8) is 0 Å². The van der Waals surface area contributed by atoms with Gasteiger partial charge in [-0.3, -0.25) is 14.7 Å². The van der Waals surface area contributed by atoms with Crippen molar-refractivity contribution in [3.8, 4) is 0 Å². The van der Waals surface area contributed by atoms with Gasteiger partial charge < -0.3 is 11.1 Å². The summed E-state index contributed by atoms with van der Waals surface area (Å²) < 4.78 is 1.36. The fourth-order valence-corrected chi connectivity index (χ4v) is 3.70. The first-order valence-corrected chi connectivity index (χ1v) is 8.76. The highest BCUT2D eigenvalue weighted by Crippen LogP contribution is 2.31. The molecule has 3 aromatic rings. The van der Waals surface area contributed by atoms with E-state index >= 15 is 0 Å². The molecule has 4 rings (SSSR count). The molecule has 1 atom stereocenters. The van der Waals surface area contributed by atoms with Gasteiger partial charge in [0.1, 0.15) is 0 Å². The summed E-state index contributed by atoms with van der Waals surface area (Å²) >= 11 is 0. The summed E-state index contributed by atoms with van der Waals surface area (Å²) in [5.74, 6) is -0.173. The Bertz CT molecular complexity index is 1050. The van der Waals surface area contributed by atoms with Crippen LogP contribution < -0.4 is 16.6 Å². The fourth-order valence-electron chi connectivity index (χ4n) is 3.70. The number of anilines is 1. The Morgan fingerprint density at radius 2 is 2.27 bits per heavy atom. The molecule has 1 aliphatic rings. The first-order valence-electron chi connectivity index (χ1n) is 8.76. The predicted octanol–water partition coefficient (Wildman–Crippen LogP) is 1.65. The number of benzene rings is 1. The Balaban J connectivity index is 1.57. The van der Waals surface area contributed by atoms with E-state index in [0.29, 0.717) is 16.9 Å². The fraction of sp³-hybridized carbons (Fsp3) is 0.316. The number of carbonyl (C=O) groups is 1. The van der Waals surface area contributed by atoms with Gasteiger partial charge >= 0.3 is 0 Å². The summed E-state index contributed by atoms with van der Waals surface area (Å²) in [6.07, 6.45) is 4.52. The lowest BCUT2D eigenvalue weighted by molar-refractivity contribution is -0.121. The smallest absolute Gasteiger partial charge is 0.276 e. The lowest BCUT2D eigenvalue weighted by Gasteiger charge is -2.26. The van der Waals surface area contributed by atoms with Crippen molar-refractivity contribution >= 4 is 17.2 Å². The van der Waals surface area contributed by atoms with E-state index in [1.165, 1.54) is 10.1 Å². The van der Waals surface area contributed by atoms with Crippen LogP contribution in [0.1, 0.15) is 41.3 Å². The lowest BCUT2D eigenvalue weighted by atomic mass is 9.87. The van der Waals surface area contributed by atoms with Crippen LogP contribution in [0.2, 0.25) is 0 Å². The third kappa shape index (κ3) is 2.85. The van der Waals surface area contributed by atoms with Crippen LogP contribution in [0.5, 0.6) is 0 Å². The number of nitrogen functional groups attached to an aromatic ring is 1. The Hall–Kier alpha value is -3.09. The molecule has 2 heterocycles. The van der Waals surface area contributed by atoms with Gasteiger partial charge in [-0.05, 0) is 49.4 Å². The quantitative estimate of drug-likeness (QED) is 0.624. The molecule has 1 aliphatic carbocycles. The van der Waals surface area contributed by atoms with E-state index in [2.05, 4.69) is 15.4 Å². The van der Waals surface area contributed by atoms with Crippen LogP contribution in [0.3, 0.4) is 0 Å². The second kappa shape index (κ2) is 6.33. The molecule has 0 fully saturated rings. The van der Waals surface area contributed by atoms with Gasteiger partial charge in [-0.25, -0.2) is 9.50 Å². The molecule has 4 N–H and O–H groups in total. The molecule has 7 heteroatoms. The molecule has 134 valence electrons. The van der Waals surface area contributed by atoms with Gasteiger partial charge in [0.2, 0.25) is 5.91 Å². The zero-order chi connectivity index (χ0) is 18.3. The second-order valence-corrected chi connectivity index (χ2v) is 6.78. The SMILES string of the molecule is Cc1nc2cc[nH]n2c(=O)c1CC(=O)NC1CCCc2cc(N)ccc21. The number of nitrogens with two attached hydrogens (primary N) is 1. The maximum absolute atomic E-state index is 12.6. The van der Waals surface area contributed by atoms with Crippen LogP contribution in [-0.4, -0.2) is 20.5 Å². The second-order valence-electron chi connectivity index (χ2n) is 6.78. The molecule has 2 aromatic heterocycles. The van der Waals surface area contributed by atoms with Crippen LogP contribution in [0, 0.1) is 6.92 Å². The van der Waals surface area contributed by atoms with Crippen LogP contribution in [0.25, 0.3) is 5.65 Å². The van der Waals surface area contributed by atoms with Crippen LogP contribution in [-0.2, 0) is 17.6 Å². The molecular formula is C19H21N5O2. The van der Waals surface area contributed by atoms with E-state index in [1.54, 1.807) is 19.2 Å². The number of aryl methyl sites for hydroxylation is 2. The van der Waals surface area contributed by atoms with Crippen LogP contribution >= 0.6 is 0 Å². The van der Waals surface area contributed by atoms with E-state index in [4.69, 9.17) is 5.73 Å². The van der Waals surface area contributed by atoms with Gasteiger partial charge in [0, 0.05) is 29.2 Å². The maximum atomic E-state index is 12.6. The number of hydrogen-bond acceptors (Lipinski definition) is 4. The van der Waals surface area contributed by atoms with Crippen LogP contribution in [0.15, 0.2) is 35.3 Å². The van der Waals surface area contributed by atoms with E-state index in [0.717, 1.165) is 30.5 Å². The number of nitrogens with one attached hydrogen (secondary N) is 2. The minimum Gasteiger partial charge on any atom is -0.399 e. The summed E-state index contributed by atoms with van der Waals surface area (Å²) in [6.45, 7) is 1.76. The summed E-state index contributed by atoms with van der Waals surface area (Å²) in [4.78, 5) is 29.6. The van der Waals surface area contributed by atoms with Gasteiger partial charge in [0.15, 0.2) is 5.65 Å². The van der Waals surface area contributed by atoms with Gasteiger partial charge in [-0.15, -0.1) is 0 Å². The summed E-state index contributed by atoms with van der Waals surface area (Å²) in [5.41, 5.74) is 10.2. The van der Waals surface area contributed by atoms with Crippen molar-refractivity contribution in [2.24, 2.45) is 0 Å². The van der Waals surface area contributed by atoms with Gasteiger partial charge in [0.05, 0.1) is 12.5 Å². The van der Waals surface area contributed by atoms with E-state index in [-0.39, 0.29) is 23.9 Å². The monoisotopic (exact) mass is 351 g/mol. The normalized spacial score (nSPS) is 16.4. The predicted molar refractivity (Wildman–Crippen MR) is 98.9 cm³/mol. The Morgan fingerprint density at radius 3 is 3.12 bits per heavy atom. The number of aromatic nitrogens is 3. The largest absolute Gasteiger partial charge is 0.399 e. The average molecular weight is 351 g/mol. The topological polar surface area (TPSA) is 105 Å². The minimum atomic E-state index is -0.232. The number of amides is 1. The summed E-state index contributed by atoms with van der Waals surface area (Å²) in [5, 5.41) is 5.90. The van der Waals surface area contributed by atoms with Crippen molar-refractivity contribution in [1.82, 2.24) is 19.9 Å². The van der Waals surface area contributed by atoms with Crippen molar-refractivity contribution in [3.05, 3.63) is 63.2 Å². The van der Waals surface area contributed by atoms with Crippen molar-refractivity contribution < 1.29 is 4.79 Å². The van der Waals surface area contributed by atoms with Gasteiger partial charge in [0.25, 0.3) is 5.56 Å². The Kier molecular flexibility index (Phi) is 3.99. The molecule has 0 spiro atoms. The Morgan fingerprint density at radius 1 is 1.42 bits per heavy atom. The van der Waals surface area contributed by atoms with E-state index in [1.807, 2.05) is 18.2 Å². The van der Waals surface area contributed by atoms with Crippen LogP contribution in [0.4, 0.5) is 5.69 Å². The molecule has 0 saturated heterocycles. The zero-order valence-electron chi connectivity index (χ0n) is 14.6. The molecule has 0 radical (unpaired) electrons. The average Bonchev–Trinajstić information content (AvgIpc) is 3.07. The molecule has 1 unspecified atom stereocenters. The first kappa shape index (κ1) is 16.4. The number of nitrogens with zero attached hydrogens (tertiary/aromatic N) is 2. The highest BCUT2D eigenvalue weighted by atomic mass is 16.2. The third-order valence-corrected chi connectivity index (χ3v) is 5.00. The highest BCUT2D eigenvalue weighted by Gasteiger charge is 2.23. The first-order chi connectivity index (χ1) is 12.5. The molecule has 26 heavy (non-hydrogen) atoms. The van der Waals surface area contributed by atoms with Gasteiger partial charge in [-0.1, -0.05) is 6.07 Å². The maximum Gasteiger partial charge on any atom is 0.276 e. The van der Waals surface area contributed by atoms with Crippen molar-refractivity contribution in [2.75, 3.05) is 5.73 Å². The molecule has 0 saturated carbocycles. The molecule has 0 aliphatic heterocycles. The molecule has 0 bridgehead atoms. The number of rotatable bonds is 3. The number of carbonyl (C=O) groups excluding carboxylic acids is 1. The Labute approximate surface area is 150 Å². The molecular weight excluding hydrogens is 330 g/mol. The summed E-state index contributed by atoms with van der Waals surface area (Å²) in [7, 11) is 0. The third-order valence-electron chi connectivity index (χ3n) is 5.00. The van der Waals surface area contributed by atoms with E-state index in [9.17, 15) is 9.59 Å². The van der Waals surface area contributed by atoms with Crippen molar-refractivity contribution in [1.29, 1.82) is 0 Å². The van der Waals surface area contributed by atoms with Crippen molar-refractivity contribution in [2.45, 2.75) is 38.6 Å². The molecule has 1 amide bonds. The number of H-pyrrole nitrogens is 1. The standard InChI is InChI=1S/C19H21N5O2/c1-11-15(19(26)24-17(22-11)7-8-21-24)10-18(25)23-16-4-2-3-12-9-13(20)5-6-14(12)16/h5-9,16,21H,2-4,10,20H2,1H3,(H,23,25). The minimum absolute atomic E-state index is 0.0143.